The molecular weight excluding hydrogens is 282 g/mol. The van der Waals surface area contributed by atoms with Gasteiger partial charge in [0.15, 0.2) is 5.82 Å². The number of aromatic nitrogens is 2. The molecule has 1 atom stereocenters. The molecule has 0 aliphatic carbocycles. The molecule has 0 bridgehead atoms. The average Bonchev–Trinajstić information content (AvgIpc) is 2.14. The maximum atomic E-state index is 12.3. The van der Waals surface area contributed by atoms with Crippen LogP contribution in [-0.2, 0) is 5.54 Å². The van der Waals surface area contributed by atoms with Crippen LogP contribution in [0, 0.1) is 0 Å². The third-order valence-corrected chi connectivity index (χ3v) is 2.72. The lowest BCUT2D eigenvalue weighted by molar-refractivity contribution is 0.382. The maximum absolute atomic E-state index is 12.3. The standard InChI is InChI=1S/C12H20BrN3O/c1-9(13)8-15(5)10-11(17)16(7-6-14-10)12(2,3)4/h6-7,9H,8H2,1-5H3. The number of rotatable bonds is 3. The van der Waals surface area contributed by atoms with Crippen molar-refractivity contribution in [1.82, 2.24) is 9.55 Å². The van der Waals surface area contributed by atoms with E-state index < -0.39 is 0 Å². The summed E-state index contributed by atoms with van der Waals surface area (Å²) in [6, 6.07) is 0. The van der Waals surface area contributed by atoms with Crippen LogP contribution >= 0.6 is 15.9 Å². The van der Waals surface area contributed by atoms with Gasteiger partial charge in [0.05, 0.1) is 0 Å². The van der Waals surface area contributed by atoms with Crippen molar-refractivity contribution in [3.05, 3.63) is 22.7 Å². The van der Waals surface area contributed by atoms with Gasteiger partial charge < -0.3 is 9.47 Å². The zero-order valence-electron chi connectivity index (χ0n) is 11.1. The van der Waals surface area contributed by atoms with Crippen LogP contribution in [0.25, 0.3) is 0 Å². The zero-order valence-corrected chi connectivity index (χ0v) is 12.7. The fourth-order valence-electron chi connectivity index (χ4n) is 1.66. The first-order valence-electron chi connectivity index (χ1n) is 5.67. The lowest BCUT2D eigenvalue weighted by atomic mass is 10.1. The summed E-state index contributed by atoms with van der Waals surface area (Å²) in [5, 5.41) is 0. The van der Waals surface area contributed by atoms with Gasteiger partial charge in [-0.3, -0.25) is 4.79 Å². The van der Waals surface area contributed by atoms with Crippen LogP contribution in [0.4, 0.5) is 5.82 Å². The Kier molecular flexibility index (Phi) is 4.36. The monoisotopic (exact) mass is 301 g/mol. The molecule has 17 heavy (non-hydrogen) atoms. The van der Waals surface area contributed by atoms with E-state index in [0.717, 1.165) is 6.54 Å². The third kappa shape index (κ3) is 3.56. The van der Waals surface area contributed by atoms with E-state index in [1.807, 2.05) is 39.6 Å². The second-order valence-electron chi connectivity index (χ2n) is 5.26. The minimum absolute atomic E-state index is 0.0457. The van der Waals surface area contributed by atoms with E-state index >= 15 is 0 Å². The van der Waals surface area contributed by atoms with Gasteiger partial charge in [-0.05, 0) is 20.8 Å². The van der Waals surface area contributed by atoms with E-state index in [9.17, 15) is 4.79 Å². The summed E-state index contributed by atoms with van der Waals surface area (Å²) < 4.78 is 1.71. The predicted molar refractivity (Wildman–Crippen MR) is 75.2 cm³/mol. The van der Waals surface area contributed by atoms with Crippen LogP contribution in [0.5, 0.6) is 0 Å². The maximum Gasteiger partial charge on any atom is 0.293 e. The Bertz CT molecular complexity index is 434. The Morgan fingerprint density at radius 1 is 1.53 bits per heavy atom. The molecule has 1 unspecified atom stereocenters. The predicted octanol–water partition coefficient (Wildman–Crippen LogP) is 2.22. The molecule has 1 heterocycles. The van der Waals surface area contributed by atoms with Gasteiger partial charge in [-0.1, -0.05) is 22.9 Å². The van der Waals surface area contributed by atoms with Gasteiger partial charge >= 0.3 is 0 Å². The van der Waals surface area contributed by atoms with Crippen molar-refractivity contribution in [3.63, 3.8) is 0 Å². The number of halogens is 1. The van der Waals surface area contributed by atoms with Crippen LogP contribution in [0.2, 0.25) is 0 Å². The summed E-state index contributed by atoms with van der Waals surface area (Å²) in [7, 11) is 1.88. The fraction of sp³-hybridized carbons (Fsp3) is 0.667. The summed E-state index contributed by atoms with van der Waals surface area (Å²) in [6.07, 6.45) is 3.41. The van der Waals surface area contributed by atoms with Crippen molar-refractivity contribution in [2.24, 2.45) is 0 Å². The largest absolute Gasteiger partial charge is 0.354 e. The molecule has 5 heteroatoms. The molecule has 0 fully saturated rings. The van der Waals surface area contributed by atoms with Crippen molar-refractivity contribution in [3.8, 4) is 0 Å². The van der Waals surface area contributed by atoms with Gasteiger partial charge in [-0.2, -0.15) is 0 Å². The normalized spacial score (nSPS) is 13.5. The molecule has 0 aliphatic rings. The van der Waals surface area contributed by atoms with E-state index in [4.69, 9.17) is 0 Å². The SMILES string of the molecule is CC(Br)CN(C)c1nccn(C(C)(C)C)c1=O. The second kappa shape index (κ2) is 5.21. The molecule has 0 aromatic carbocycles. The molecular formula is C12H20BrN3O. The third-order valence-electron chi connectivity index (χ3n) is 2.43. The summed E-state index contributed by atoms with van der Waals surface area (Å²) in [5.74, 6) is 0.494. The average molecular weight is 302 g/mol. The van der Waals surface area contributed by atoms with E-state index in [1.165, 1.54) is 0 Å². The van der Waals surface area contributed by atoms with Gasteiger partial charge in [-0.25, -0.2) is 4.98 Å². The van der Waals surface area contributed by atoms with Gasteiger partial charge in [0, 0.05) is 36.4 Å². The van der Waals surface area contributed by atoms with Crippen LogP contribution < -0.4 is 10.5 Å². The van der Waals surface area contributed by atoms with Crippen molar-refractivity contribution in [2.45, 2.75) is 38.1 Å². The molecule has 4 nitrogen and oxygen atoms in total. The molecule has 0 aliphatic heterocycles. The first kappa shape index (κ1) is 14.2. The van der Waals surface area contributed by atoms with Crippen LogP contribution in [0.15, 0.2) is 17.2 Å². The molecule has 1 aromatic rings. The highest BCUT2D eigenvalue weighted by molar-refractivity contribution is 9.09. The van der Waals surface area contributed by atoms with Crippen LogP contribution in [0.3, 0.4) is 0 Å². The molecule has 0 amide bonds. The number of nitrogens with zero attached hydrogens (tertiary/aromatic N) is 3. The molecule has 96 valence electrons. The smallest absolute Gasteiger partial charge is 0.293 e. The second-order valence-corrected chi connectivity index (χ2v) is 6.82. The summed E-state index contributed by atoms with van der Waals surface area (Å²) in [4.78, 5) is 18.7. The van der Waals surface area contributed by atoms with E-state index in [0.29, 0.717) is 10.6 Å². The minimum atomic E-state index is -0.227. The summed E-state index contributed by atoms with van der Waals surface area (Å²) in [5.41, 5.74) is -0.272. The molecule has 0 spiro atoms. The van der Waals surface area contributed by atoms with Crippen molar-refractivity contribution >= 4 is 21.7 Å². The first-order valence-corrected chi connectivity index (χ1v) is 6.58. The van der Waals surface area contributed by atoms with Gasteiger partial charge in [0.2, 0.25) is 0 Å². The Labute approximate surface area is 111 Å². The van der Waals surface area contributed by atoms with Gasteiger partial charge in [0.25, 0.3) is 5.56 Å². The molecule has 0 saturated heterocycles. The topological polar surface area (TPSA) is 38.1 Å². The lowest BCUT2D eigenvalue weighted by Crippen LogP contribution is -2.38. The van der Waals surface area contributed by atoms with Gasteiger partial charge in [0.1, 0.15) is 0 Å². The molecule has 1 rings (SSSR count). The summed E-state index contributed by atoms with van der Waals surface area (Å²) >= 11 is 3.48. The first-order chi connectivity index (χ1) is 7.73. The quantitative estimate of drug-likeness (QED) is 0.804. The van der Waals surface area contributed by atoms with Crippen molar-refractivity contribution < 1.29 is 0 Å². The number of alkyl halides is 1. The fourth-order valence-corrected chi connectivity index (χ4v) is 2.09. The van der Waals surface area contributed by atoms with Crippen LogP contribution in [0.1, 0.15) is 27.7 Å². The lowest BCUT2D eigenvalue weighted by Gasteiger charge is -2.25. The molecule has 0 N–H and O–H groups in total. The number of anilines is 1. The summed E-state index contributed by atoms with van der Waals surface area (Å²) in [6.45, 7) is 8.81. The van der Waals surface area contributed by atoms with Gasteiger partial charge in [-0.15, -0.1) is 0 Å². The van der Waals surface area contributed by atoms with Crippen molar-refractivity contribution in [2.75, 3.05) is 18.5 Å². The zero-order chi connectivity index (χ0) is 13.2. The number of hydrogen-bond acceptors (Lipinski definition) is 3. The van der Waals surface area contributed by atoms with Crippen LogP contribution in [-0.4, -0.2) is 28.0 Å². The van der Waals surface area contributed by atoms with E-state index in [2.05, 4.69) is 20.9 Å². The Morgan fingerprint density at radius 3 is 2.59 bits per heavy atom. The van der Waals surface area contributed by atoms with Crippen molar-refractivity contribution in [1.29, 1.82) is 0 Å². The van der Waals surface area contributed by atoms with E-state index in [-0.39, 0.29) is 11.1 Å². The van der Waals surface area contributed by atoms with E-state index in [1.54, 1.807) is 17.0 Å². The molecule has 0 radical (unpaired) electrons. The molecule has 0 saturated carbocycles. The Morgan fingerprint density at radius 2 is 2.12 bits per heavy atom. The Balaban J connectivity index is 3.16. The number of hydrogen-bond donors (Lipinski definition) is 0. The molecule has 1 aromatic heterocycles. The highest BCUT2D eigenvalue weighted by atomic mass is 79.9. The minimum Gasteiger partial charge on any atom is -0.354 e. The highest BCUT2D eigenvalue weighted by Crippen LogP contribution is 2.12. The highest BCUT2D eigenvalue weighted by Gasteiger charge is 2.18. The Hall–Kier alpha value is -0.840.